The van der Waals surface area contributed by atoms with E-state index in [-0.39, 0.29) is 11.5 Å². The molecule has 0 saturated carbocycles. The fourth-order valence-corrected chi connectivity index (χ4v) is 4.17. The van der Waals surface area contributed by atoms with Crippen LogP contribution < -0.4 is 15.5 Å². The average molecular weight is 503 g/mol. The molecular weight excluding hydrogens is 476 g/mol. The molecule has 0 atom stereocenters. The molecule has 1 aliphatic heterocycles. The van der Waals surface area contributed by atoms with Crippen molar-refractivity contribution in [2.24, 2.45) is 0 Å². The first kappa shape index (κ1) is 23.8. The first-order chi connectivity index (χ1) is 17.3. The Morgan fingerprint density at radius 2 is 1.89 bits per heavy atom. The zero-order chi connectivity index (χ0) is 25.3. The number of nitrogens with one attached hydrogen (secondary N) is 2. The van der Waals surface area contributed by atoms with E-state index in [0.717, 1.165) is 48.9 Å². The number of hydrogen-bond acceptors (Lipinski definition) is 9. The predicted octanol–water partition coefficient (Wildman–Crippen LogP) is 4.56. The standard InChI is InChI=1S/C25H27ClN10/c1-25(2,3)23-32-21-12-18(8-11-36(21)34-23)31-24-29-15-19(26)22(33-24)30-17-6-9-35(10-7-17)20-5-4-16(13-27)14-28-20/h4-5,8,11-12,14-15,17H,6-7,9-10H2,1-3H3,(H2,29,30,31,33). The smallest absolute Gasteiger partial charge is 0.229 e. The molecule has 0 unspecified atom stereocenters. The molecule has 2 N–H and O–H groups in total. The summed E-state index contributed by atoms with van der Waals surface area (Å²) in [5.74, 6) is 2.72. The summed E-state index contributed by atoms with van der Waals surface area (Å²) < 4.78 is 1.77. The molecule has 5 rings (SSSR count). The van der Waals surface area contributed by atoms with Gasteiger partial charge in [0, 0.05) is 48.7 Å². The number of aromatic nitrogens is 6. The highest BCUT2D eigenvalue weighted by molar-refractivity contribution is 6.32. The van der Waals surface area contributed by atoms with E-state index in [1.54, 1.807) is 23.0 Å². The number of nitriles is 1. The minimum atomic E-state index is -0.131. The van der Waals surface area contributed by atoms with Gasteiger partial charge in [-0.25, -0.2) is 19.5 Å². The molecule has 0 aliphatic carbocycles. The molecule has 4 aromatic heterocycles. The Morgan fingerprint density at radius 3 is 2.58 bits per heavy atom. The van der Waals surface area contributed by atoms with Crippen LogP contribution in [0.25, 0.3) is 5.65 Å². The Morgan fingerprint density at radius 1 is 1.08 bits per heavy atom. The highest BCUT2D eigenvalue weighted by Gasteiger charge is 2.22. The second-order valence-electron chi connectivity index (χ2n) is 9.84. The van der Waals surface area contributed by atoms with Crippen LogP contribution >= 0.6 is 11.6 Å². The first-order valence-corrected chi connectivity index (χ1v) is 12.2. The minimum Gasteiger partial charge on any atom is -0.366 e. The SMILES string of the molecule is CC(C)(C)c1nc2cc(Nc3ncc(Cl)c(NC4CCN(c5ccc(C#N)cn5)CC4)n3)ccn2n1. The van der Waals surface area contributed by atoms with Gasteiger partial charge in [0.25, 0.3) is 0 Å². The lowest BCUT2D eigenvalue weighted by atomic mass is 9.96. The summed E-state index contributed by atoms with van der Waals surface area (Å²) in [6.45, 7) is 7.96. The number of halogens is 1. The largest absolute Gasteiger partial charge is 0.366 e. The van der Waals surface area contributed by atoms with Gasteiger partial charge in [-0.2, -0.15) is 15.3 Å². The van der Waals surface area contributed by atoms with E-state index >= 15 is 0 Å². The lowest BCUT2D eigenvalue weighted by Crippen LogP contribution is -2.39. The van der Waals surface area contributed by atoms with Crippen molar-refractivity contribution in [3.05, 3.63) is 59.3 Å². The van der Waals surface area contributed by atoms with Crippen LogP contribution in [0.5, 0.6) is 0 Å². The van der Waals surface area contributed by atoms with E-state index in [2.05, 4.69) is 67.4 Å². The normalized spacial score (nSPS) is 14.6. The van der Waals surface area contributed by atoms with Crippen LogP contribution in [0.3, 0.4) is 0 Å². The van der Waals surface area contributed by atoms with E-state index in [9.17, 15) is 0 Å². The van der Waals surface area contributed by atoms with Gasteiger partial charge in [-0.1, -0.05) is 32.4 Å². The van der Waals surface area contributed by atoms with Gasteiger partial charge in [-0.05, 0) is 31.0 Å². The van der Waals surface area contributed by atoms with Crippen molar-refractivity contribution in [2.45, 2.75) is 45.1 Å². The number of anilines is 4. The molecule has 1 aliphatic rings. The van der Waals surface area contributed by atoms with E-state index < -0.39 is 0 Å². The molecule has 184 valence electrons. The van der Waals surface area contributed by atoms with Gasteiger partial charge in [0.15, 0.2) is 17.3 Å². The van der Waals surface area contributed by atoms with Crippen LogP contribution in [-0.4, -0.2) is 48.7 Å². The molecule has 36 heavy (non-hydrogen) atoms. The summed E-state index contributed by atoms with van der Waals surface area (Å²) in [5.41, 5.74) is 2.00. The van der Waals surface area contributed by atoms with Crippen molar-refractivity contribution in [2.75, 3.05) is 28.6 Å². The van der Waals surface area contributed by atoms with E-state index in [0.29, 0.717) is 22.4 Å². The number of rotatable bonds is 5. The Bertz CT molecular complexity index is 1410. The van der Waals surface area contributed by atoms with Crippen LogP contribution in [-0.2, 0) is 5.41 Å². The minimum absolute atomic E-state index is 0.131. The van der Waals surface area contributed by atoms with Crippen LogP contribution in [0.2, 0.25) is 5.02 Å². The van der Waals surface area contributed by atoms with Gasteiger partial charge in [-0.3, -0.25) is 0 Å². The summed E-state index contributed by atoms with van der Waals surface area (Å²) >= 11 is 6.41. The van der Waals surface area contributed by atoms with E-state index in [1.165, 1.54) is 0 Å². The molecular formula is C25H27ClN10. The lowest BCUT2D eigenvalue weighted by Gasteiger charge is -2.33. The molecule has 10 nitrogen and oxygen atoms in total. The highest BCUT2D eigenvalue weighted by Crippen LogP contribution is 2.26. The van der Waals surface area contributed by atoms with Crippen molar-refractivity contribution >= 4 is 40.5 Å². The third kappa shape index (κ3) is 5.16. The van der Waals surface area contributed by atoms with Gasteiger partial charge < -0.3 is 15.5 Å². The zero-order valence-corrected chi connectivity index (χ0v) is 21.2. The number of nitrogens with zero attached hydrogens (tertiary/aromatic N) is 8. The maximum Gasteiger partial charge on any atom is 0.229 e. The predicted molar refractivity (Wildman–Crippen MR) is 140 cm³/mol. The van der Waals surface area contributed by atoms with Crippen LogP contribution in [0.1, 0.15) is 45.0 Å². The summed E-state index contributed by atoms with van der Waals surface area (Å²) in [6.07, 6.45) is 6.89. The quantitative estimate of drug-likeness (QED) is 0.404. The maximum atomic E-state index is 8.96. The second-order valence-corrected chi connectivity index (χ2v) is 10.2. The third-order valence-corrected chi connectivity index (χ3v) is 6.32. The van der Waals surface area contributed by atoms with Gasteiger partial charge >= 0.3 is 0 Å². The molecule has 0 radical (unpaired) electrons. The topological polar surface area (TPSA) is 120 Å². The zero-order valence-electron chi connectivity index (χ0n) is 20.4. The molecule has 1 fully saturated rings. The number of piperidine rings is 1. The van der Waals surface area contributed by atoms with Crippen LogP contribution in [0.4, 0.5) is 23.3 Å². The first-order valence-electron chi connectivity index (χ1n) is 11.8. The number of fused-ring (bicyclic) bond motifs is 1. The Hall–Kier alpha value is -3.97. The molecule has 0 spiro atoms. The second kappa shape index (κ2) is 9.59. The molecule has 5 heterocycles. The monoisotopic (exact) mass is 502 g/mol. The van der Waals surface area contributed by atoms with Gasteiger partial charge in [-0.15, -0.1) is 0 Å². The summed E-state index contributed by atoms with van der Waals surface area (Å²) in [7, 11) is 0. The average Bonchev–Trinajstić information content (AvgIpc) is 3.31. The molecule has 4 aromatic rings. The Kier molecular flexibility index (Phi) is 6.33. The van der Waals surface area contributed by atoms with Gasteiger partial charge in [0.05, 0.1) is 11.8 Å². The molecule has 0 bridgehead atoms. The summed E-state index contributed by atoms with van der Waals surface area (Å²) in [6, 6.07) is 9.85. The Balaban J connectivity index is 1.24. The highest BCUT2D eigenvalue weighted by atomic mass is 35.5. The van der Waals surface area contributed by atoms with Crippen molar-refractivity contribution < 1.29 is 0 Å². The fourth-order valence-electron chi connectivity index (χ4n) is 4.02. The number of pyridine rings is 2. The third-order valence-electron chi connectivity index (χ3n) is 6.05. The summed E-state index contributed by atoms with van der Waals surface area (Å²) in [5, 5.41) is 20.7. The molecule has 0 amide bonds. The van der Waals surface area contributed by atoms with Crippen molar-refractivity contribution in [3.8, 4) is 6.07 Å². The maximum absolute atomic E-state index is 8.96. The Labute approximate surface area is 214 Å². The van der Waals surface area contributed by atoms with Gasteiger partial charge in [0.2, 0.25) is 5.95 Å². The van der Waals surface area contributed by atoms with E-state index in [1.807, 2.05) is 24.4 Å². The van der Waals surface area contributed by atoms with E-state index in [4.69, 9.17) is 16.9 Å². The number of hydrogen-bond donors (Lipinski definition) is 2. The molecule has 11 heteroatoms. The summed E-state index contributed by atoms with van der Waals surface area (Å²) in [4.78, 5) is 20.2. The van der Waals surface area contributed by atoms with Gasteiger partial charge in [0.1, 0.15) is 16.9 Å². The lowest BCUT2D eigenvalue weighted by molar-refractivity contribution is 0.522. The molecule has 0 aromatic carbocycles. The van der Waals surface area contributed by atoms with Crippen LogP contribution in [0.15, 0.2) is 42.9 Å². The fraction of sp³-hybridized carbons (Fsp3) is 0.360. The van der Waals surface area contributed by atoms with Crippen LogP contribution in [0, 0.1) is 11.3 Å². The van der Waals surface area contributed by atoms with Crippen molar-refractivity contribution in [1.29, 1.82) is 5.26 Å². The van der Waals surface area contributed by atoms with Crippen molar-refractivity contribution in [3.63, 3.8) is 0 Å². The van der Waals surface area contributed by atoms with Crippen molar-refractivity contribution in [1.82, 2.24) is 29.5 Å². The molecule has 1 saturated heterocycles.